The van der Waals surface area contributed by atoms with Crippen molar-refractivity contribution >= 4 is 21.6 Å². The maximum absolute atomic E-state index is 12.6. The minimum atomic E-state index is 0.0126. The third-order valence-corrected chi connectivity index (χ3v) is 5.51. The molecule has 0 fully saturated rings. The van der Waals surface area contributed by atoms with Gasteiger partial charge in [0.25, 0.3) is 5.56 Å². The van der Waals surface area contributed by atoms with E-state index in [1.165, 1.54) is 34.4 Å². The van der Waals surface area contributed by atoms with Crippen LogP contribution < -0.4 is 5.56 Å². The molecule has 0 bridgehead atoms. The van der Waals surface area contributed by atoms with Gasteiger partial charge in [-0.25, -0.2) is 4.98 Å². The SMILES string of the molecule is Cc1cc(C)cc(-c2nc3sc4c(c3c(=O)[nH]2)CCCC4)c1. The highest BCUT2D eigenvalue weighted by atomic mass is 32.1. The Bertz CT molecular complexity index is 916. The highest BCUT2D eigenvalue weighted by Crippen LogP contribution is 2.34. The van der Waals surface area contributed by atoms with Crippen LogP contribution in [-0.4, -0.2) is 9.97 Å². The zero-order valence-electron chi connectivity index (χ0n) is 12.8. The van der Waals surface area contributed by atoms with E-state index in [-0.39, 0.29) is 5.56 Å². The molecule has 1 aliphatic carbocycles. The number of H-pyrrole nitrogens is 1. The summed E-state index contributed by atoms with van der Waals surface area (Å²) in [5, 5.41) is 0.827. The van der Waals surface area contributed by atoms with E-state index in [0.717, 1.165) is 28.6 Å². The first-order valence-electron chi connectivity index (χ1n) is 7.75. The molecule has 112 valence electrons. The first kappa shape index (κ1) is 13.7. The first-order chi connectivity index (χ1) is 10.6. The summed E-state index contributed by atoms with van der Waals surface area (Å²) in [6.07, 6.45) is 4.51. The van der Waals surface area contributed by atoms with Crippen LogP contribution in [0.4, 0.5) is 0 Å². The Morgan fingerprint density at radius 3 is 2.59 bits per heavy atom. The molecule has 3 nitrogen and oxygen atoms in total. The van der Waals surface area contributed by atoms with E-state index in [0.29, 0.717) is 5.82 Å². The highest BCUT2D eigenvalue weighted by Gasteiger charge is 2.20. The highest BCUT2D eigenvalue weighted by molar-refractivity contribution is 7.18. The van der Waals surface area contributed by atoms with Gasteiger partial charge in [0.1, 0.15) is 10.7 Å². The van der Waals surface area contributed by atoms with E-state index >= 15 is 0 Å². The number of hydrogen-bond acceptors (Lipinski definition) is 3. The van der Waals surface area contributed by atoms with Crippen LogP contribution in [0.15, 0.2) is 23.0 Å². The number of thiophene rings is 1. The van der Waals surface area contributed by atoms with Crippen LogP contribution in [0.5, 0.6) is 0 Å². The standard InChI is InChI=1S/C18H18N2OS/c1-10-7-11(2)9-12(8-10)16-19-17(21)15-13-5-3-4-6-14(13)22-18(15)20-16/h7-9H,3-6H2,1-2H3,(H,19,20,21). The van der Waals surface area contributed by atoms with E-state index in [1.807, 2.05) is 0 Å². The van der Waals surface area contributed by atoms with Crippen molar-refractivity contribution in [3.05, 3.63) is 50.1 Å². The monoisotopic (exact) mass is 310 g/mol. The van der Waals surface area contributed by atoms with Crippen LogP contribution >= 0.6 is 11.3 Å². The fraction of sp³-hybridized carbons (Fsp3) is 0.333. The molecule has 0 radical (unpaired) electrons. The molecular weight excluding hydrogens is 292 g/mol. The van der Waals surface area contributed by atoms with Gasteiger partial charge in [-0.15, -0.1) is 11.3 Å². The normalized spacial score (nSPS) is 14.3. The molecule has 1 N–H and O–H groups in total. The second kappa shape index (κ2) is 5.06. The number of aromatic amines is 1. The predicted octanol–water partition coefficient (Wildman–Crippen LogP) is 4.15. The van der Waals surface area contributed by atoms with Gasteiger partial charge in [-0.1, -0.05) is 17.2 Å². The molecule has 0 saturated heterocycles. The Balaban J connectivity index is 1.95. The minimum absolute atomic E-state index is 0.0126. The van der Waals surface area contributed by atoms with Crippen molar-refractivity contribution in [2.24, 2.45) is 0 Å². The van der Waals surface area contributed by atoms with Crippen LogP contribution in [0.2, 0.25) is 0 Å². The molecule has 4 heteroatoms. The molecule has 3 aromatic rings. The number of nitrogens with zero attached hydrogens (tertiary/aromatic N) is 1. The first-order valence-corrected chi connectivity index (χ1v) is 8.57. The second-order valence-electron chi connectivity index (χ2n) is 6.18. The molecule has 0 atom stereocenters. The molecule has 4 rings (SSSR count). The summed E-state index contributed by atoms with van der Waals surface area (Å²) < 4.78 is 0. The maximum Gasteiger partial charge on any atom is 0.260 e. The Morgan fingerprint density at radius 1 is 1.09 bits per heavy atom. The van der Waals surface area contributed by atoms with Gasteiger partial charge in [0, 0.05) is 10.4 Å². The van der Waals surface area contributed by atoms with Crippen LogP contribution in [-0.2, 0) is 12.8 Å². The summed E-state index contributed by atoms with van der Waals surface area (Å²) in [7, 11) is 0. The fourth-order valence-corrected chi connectivity index (χ4v) is 4.67. The number of rotatable bonds is 1. The van der Waals surface area contributed by atoms with Gasteiger partial charge in [-0.2, -0.15) is 0 Å². The molecule has 0 amide bonds. The van der Waals surface area contributed by atoms with Crippen LogP contribution in [0.1, 0.15) is 34.4 Å². The number of benzene rings is 1. The fourth-order valence-electron chi connectivity index (χ4n) is 3.41. The molecule has 0 aliphatic heterocycles. The summed E-state index contributed by atoms with van der Waals surface area (Å²) in [4.78, 5) is 22.6. The molecule has 1 aliphatic rings. The Kier molecular flexibility index (Phi) is 3.15. The lowest BCUT2D eigenvalue weighted by molar-refractivity contribution is 0.700. The number of fused-ring (bicyclic) bond motifs is 3. The quantitative estimate of drug-likeness (QED) is 0.734. The number of aromatic nitrogens is 2. The molecule has 22 heavy (non-hydrogen) atoms. The lowest BCUT2D eigenvalue weighted by atomic mass is 9.97. The zero-order chi connectivity index (χ0) is 15.3. The van der Waals surface area contributed by atoms with Crippen LogP contribution in [0, 0.1) is 13.8 Å². The van der Waals surface area contributed by atoms with Gasteiger partial charge in [0.15, 0.2) is 0 Å². The summed E-state index contributed by atoms with van der Waals surface area (Å²) in [5.41, 5.74) is 4.61. The average Bonchev–Trinajstić information content (AvgIpc) is 2.84. The molecule has 0 saturated carbocycles. The topological polar surface area (TPSA) is 45.8 Å². The molecule has 0 unspecified atom stereocenters. The van der Waals surface area contributed by atoms with Crippen molar-refractivity contribution in [3.63, 3.8) is 0 Å². The number of nitrogens with one attached hydrogen (secondary N) is 1. The number of aryl methyl sites for hydroxylation is 4. The van der Waals surface area contributed by atoms with Gasteiger partial charge in [0.05, 0.1) is 5.39 Å². The summed E-state index contributed by atoms with van der Waals surface area (Å²) >= 11 is 1.70. The van der Waals surface area contributed by atoms with E-state index in [2.05, 4.69) is 37.0 Å². The van der Waals surface area contributed by atoms with Gasteiger partial charge < -0.3 is 4.98 Å². The van der Waals surface area contributed by atoms with E-state index in [1.54, 1.807) is 11.3 Å². The molecular formula is C18H18N2OS. The zero-order valence-corrected chi connectivity index (χ0v) is 13.6. The van der Waals surface area contributed by atoms with Crippen molar-refractivity contribution in [2.75, 3.05) is 0 Å². The second-order valence-corrected chi connectivity index (χ2v) is 7.27. The van der Waals surface area contributed by atoms with Gasteiger partial charge >= 0.3 is 0 Å². The Hall–Kier alpha value is -1.94. The predicted molar refractivity (Wildman–Crippen MR) is 91.8 cm³/mol. The third kappa shape index (κ3) is 2.18. The minimum Gasteiger partial charge on any atom is -0.306 e. The van der Waals surface area contributed by atoms with E-state index < -0.39 is 0 Å². The van der Waals surface area contributed by atoms with E-state index in [4.69, 9.17) is 4.98 Å². The van der Waals surface area contributed by atoms with E-state index in [9.17, 15) is 4.79 Å². The lowest BCUT2D eigenvalue weighted by Crippen LogP contribution is -2.11. The molecule has 1 aromatic carbocycles. The van der Waals surface area contributed by atoms with Crippen LogP contribution in [0.25, 0.3) is 21.6 Å². The average molecular weight is 310 g/mol. The van der Waals surface area contributed by atoms with Crippen molar-refractivity contribution in [1.82, 2.24) is 9.97 Å². The largest absolute Gasteiger partial charge is 0.306 e. The van der Waals surface area contributed by atoms with Crippen molar-refractivity contribution in [1.29, 1.82) is 0 Å². The summed E-state index contributed by atoms with van der Waals surface area (Å²) in [6.45, 7) is 4.13. The number of hydrogen-bond donors (Lipinski definition) is 1. The lowest BCUT2D eigenvalue weighted by Gasteiger charge is -2.09. The van der Waals surface area contributed by atoms with Gasteiger partial charge in [-0.3, -0.25) is 4.79 Å². The Morgan fingerprint density at radius 2 is 1.82 bits per heavy atom. The van der Waals surface area contributed by atoms with Crippen LogP contribution in [0.3, 0.4) is 0 Å². The van der Waals surface area contributed by atoms with Gasteiger partial charge in [0.2, 0.25) is 0 Å². The van der Waals surface area contributed by atoms with Crippen molar-refractivity contribution in [3.8, 4) is 11.4 Å². The smallest absolute Gasteiger partial charge is 0.260 e. The maximum atomic E-state index is 12.6. The summed E-state index contributed by atoms with van der Waals surface area (Å²) in [6, 6.07) is 6.28. The van der Waals surface area contributed by atoms with Crippen molar-refractivity contribution in [2.45, 2.75) is 39.5 Å². The van der Waals surface area contributed by atoms with Crippen molar-refractivity contribution < 1.29 is 0 Å². The molecule has 0 spiro atoms. The third-order valence-electron chi connectivity index (χ3n) is 4.32. The molecule has 2 aromatic heterocycles. The Labute approximate surface area is 133 Å². The van der Waals surface area contributed by atoms with Gasteiger partial charge in [-0.05, 0) is 57.2 Å². The molecule has 2 heterocycles. The summed E-state index contributed by atoms with van der Waals surface area (Å²) in [5.74, 6) is 0.683.